The number of hydrogen-bond acceptors (Lipinski definition) is 6. The zero-order valence-corrected chi connectivity index (χ0v) is 12.0. The molecular formula is C13H22O6. The van der Waals surface area contributed by atoms with E-state index in [0.717, 1.165) is 0 Å². The van der Waals surface area contributed by atoms with Gasteiger partial charge in [0, 0.05) is 26.9 Å². The summed E-state index contributed by atoms with van der Waals surface area (Å²) < 4.78 is 21.3. The van der Waals surface area contributed by atoms with Crippen molar-refractivity contribution < 1.29 is 28.5 Å². The molecule has 0 N–H and O–H groups in total. The van der Waals surface area contributed by atoms with Crippen LogP contribution in [0, 0.1) is 11.8 Å². The predicted molar refractivity (Wildman–Crippen MR) is 66.2 cm³/mol. The molecule has 0 bridgehead atoms. The molecule has 0 aromatic carbocycles. The molecule has 110 valence electrons. The molecule has 1 rings (SSSR count). The molecule has 0 aliphatic carbocycles. The monoisotopic (exact) mass is 274 g/mol. The minimum atomic E-state index is -0.758. The first kappa shape index (κ1) is 15.9. The molecule has 1 aliphatic rings. The third-order valence-corrected chi connectivity index (χ3v) is 3.37. The van der Waals surface area contributed by atoms with Gasteiger partial charge in [0.1, 0.15) is 6.10 Å². The van der Waals surface area contributed by atoms with Gasteiger partial charge in [-0.1, -0.05) is 13.8 Å². The SMILES string of the molecule is CO[C@H]1OC[C@@H](C)[C@@H](C)[C@H](OC(C)=O)[C@@H]1OC(C)=O. The first-order valence-electron chi connectivity index (χ1n) is 6.35. The van der Waals surface area contributed by atoms with E-state index in [1.54, 1.807) is 0 Å². The van der Waals surface area contributed by atoms with Crippen LogP contribution in [0.4, 0.5) is 0 Å². The minimum Gasteiger partial charge on any atom is -0.458 e. The highest BCUT2D eigenvalue weighted by Gasteiger charge is 2.43. The fourth-order valence-electron chi connectivity index (χ4n) is 2.15. The summed E-state index contributed by atoms with van der Waals surface area (Å²) in [5.41, 5.74) is 0. The molecule has 1 heterocycles. The first-order chi connectivity index (χ1) is 8.86. The van der Waals surface area contributed by atoms with Gasteiger partial charge in [0.15, 0.2) is 12.4 Å². The summed E-state index contributed by atoms with van der Waals surface area (Å²) in [6, 6.07) is 0. The Hall–Kier alpha value is -1.14. The normalized spacial score (nSPS) is 35.3. The maximum atomic E-state index is 11.3. The van der Waals surface area contributed by atoms with Gasteiger partial charge in [-0.25, -0.2) is 0 Å². The van der Waals surface area contributed by atoms with Crippen molar-refractivity contribution in [3.63, 3.8) is 0 Å². The predicted octanol–water partition coefficient (Wildman–Crippen LogP) is 1.12. The molecule has 0 aromatic rings. The highest BCUT2D eigenvalue weighted by Crippen LogP contribution is 2.29. The molecule has 1 aliphatic heterocycles. The summed E-state index contributed by atoms with van der Waals surface area (Å²) in [7, 11) is 1.46. The molecule has 6 nitrogen and oxygen atoms in total. The maximum absolute atomic E-state index is 11.3. The van der Waals surface area contributed by atoms with E-state index >= 15 is 0 Å². The fraction of sp³-hybridized carbons (Fsp3) is 0.846. The van der Waals surface area contributed by atoms with Crippen LogP contribution in [0.15, 0.2) is 0 Å². The largest absolute Gasteiger partial charge is 0.458 e. The van der Waals surface area contributed by atoms with Crippen molar-refractivity contribution in [2.75, 3.05) is 13.7 Å². The van der Waals surface area contributed by atoms with Crippen LogP contribution >= 0.6 is 0 Å². The van der Waals surface area contributed by atoms with Gasteiger partial charge in [-0.2, -0.15) is 0 Å². The van der Waals surface area contributed by atoms with Gasteiger partial charge >= 0.3 is 11.9 Å². The lowest BCUT2D eigenvalue weighted by molar-refractivity contribution is -0.217. The molecule has 19 heavy (non-hydrogen) atoms. The lowest BCUT2D eigenvalue weighted by atomic mass is 9.89. The van der Waals surface area contributed by atoms with E-state index in [-0.39, 0.29) is 11.8 Å². The van der Waals surface area contributed by atoms with E-state index in [4.69, 9.17) is 18.9 Å². The Morgan fingerprint density at radius 3 is 2.05 bits per heavy atom. The average molecular weight is 274 g/mol. The fourth-order valence-corrected chi connectivity index (χ4v) is 2.15. The van der Waals surface area contributed by atoms with E-state index in [1.807, 2.05) is 13.8 Å². The van der Waals surface area contributed by atoms with Crippen molar-refractivity contribution in [2.45, 2.75) is 46.2 Å². The van der Waals surface area contributed by atoms with Crippen LogP contribution in [0.2, 0.25) is 0 Å². The van der Waals surface area contributed by atoms with E-state index < -0.39 is 30.4 Å². The highest BCUT2D eigenvalue weighted by molar-refractivity contribution is 5.67. The molecule has 0 saturated carbocycles. The number of ether oxygens (including phenoxy) is 4. The van der Waals surface area contributed by atoms with Crippen LogP contribution in [-0.4, -0.2) is 44.2 Å². The number of carbonyl (C=O) groups excluding carboxylic acids is 2. The Labute approximate surface area is 113 Å². The topological polar surface area (TPSA) is 71.1 Å². The van der Waals surface area contributed by atoms with Crippen LogP contribution < -0.4 is 0 Å². The molecule has 1 saturated heterocycles. The van der Waals surface area contributed by atoms with Gasteiger partial charge < -0.3 is 18.9 Å². The lowest BCUT2D eigenvalue weighted by Gasteiger charge is -2.32. The summed E-state index contributed by atoms with van der Waals surface area (Å²) in [5, 5.41) is 0. The first-order valence-corrected chi connectivity index (χ1v) is 6.35. The Bertz CT molecular complexity index is 313. The van der Waals surface area contributed by atoms with Crippen molar-refractivity contribution >= 4 is 11.9 Å². The smallest absolute Gasteiger partial charge is 0.303 e. The Kier molecular flexibility index (Phi) is 5.75. The quantitative estimate of drug-likeness (QED) is 0.718. The molecule has 1 fully saturated rings. The molecule has 0 amide bonds. The highest BCUT2D eigenvalue weighted by atomic mass is 16.7. The van der Waals surface area contributed by atoms with Crippen LogP contribution in [0.3, 0.4) is 0 Å². The maximum Gasteiger partial charge on any atom is 0.303 e. The minimum absolute atomic E-state index is 0.00611. The van der Waals surface area contributed by atoms with E-state index in [9.17, 15) is 9.59 Å². The van der Waals surface area contributed by atoms with Crippen LogP contribution in [-0.2, 0) is 28.5 Å². The van der Waals surface area contributed by atoms with Crippen molar-refractivity contribution in [2.24, 2.45) is 11.8 Å². The van der Waals surface area contributed by atoms with Crippen molar-refractivity contribution in [3.8, 4) is 0 Å². The number of rotatable bonds is 3. The molecule has 0 unspecified atom stereocenters. The molecule has 0 spiro atoms. The summed E-state index contributed by atoms with van der Waals surface area (Å²) in [5.74, 6) is -0.733. The second-order valence-corrected chi connectivity index (χ2v) is 4.92. The van der Waals surface area contributed by atoms with Gasteiger partial charge in [0.05, 0.1) is 6.61 Å². The Balaban J connectivity index is 3.01. The van der Waals surface area contributed by atoms with Crippen LogP contribution in [0.1, 0.15) is 27.7 Å². The summed E-state index contributed by atoms with van der Waals surface area (Å²) in [6.45, 7) is 7.02. The molecule has 6 heteroatoms. The third-order valence-electron chi connectivity index (χ3n) is 3.37. The second-order valence-electron chi connectivity index (χ2n) is 4.92. The lowest BCUT2D eigenvalue weighted by Crippen LogP contribution is -2.46. The van der Waals surface area contributed by atoms with Crippen LogP contribution in [0.25, 0.3) is 0 Å². The molecule has 5 atom stereocenters. The number of hydrogen-bond donors (Lipinski definition) is 0. The van der Waals surface area contributed by atoms with Gasteiger partial charge in [-0.3, -0.25) is 9.59 Å². The van der Waals surface area contributed by atoms with Gasteiger partial charge in [-0.05, 0) is 5.92 Å². The van der Waals surface area contributed by atoms with Crippen LogP contribution in [0.5, 0.6) is 0 Å². The third kappa shape index (κ3) is 4.18. The number of esters is 2. The second kappa shape index (κ2) is 6.86. The summed E-state index contributed by atoms with van der Waals surface area (Å²) >= 11 is 0. The van der Waals surface area contributed by atoms with E-state index in [0.29, 0.717) is 6.61 Å². The van der Waals surface area contributed by atoms with Crippen molar-refractivity contribution in [3.05, 3.63) is 0 Å². The standard InChI is InChI=1S/C13H22O6/c1-7-6-17-13(16-5)12(19-10(4)15)11(8(7)2)18-9(3)14/h7-8,11-13H,6H2,1-5H3/t7-,8-,11+,12+,13+/m1/s1. The average Bonchev–Trinajstić information content (AvgIpc) is 2.42. The molecule has 0 aromatic heterocycles. The number of methoxy groups -OCH3 is 1. The number of carbonyl (C=O) groups is 2. The zero-order chi connectivity index (χ0) is 14.6. The van der Waals surface area contributed by atoms with E-state index in [1.165, 1.54) is 21.0 Å². The van der Waals surface area contributed by atoms with E-state index in [2.05, 4.69) is 0 Å². The van der Waals surface area contributed by atoms with Gasteiger partial charge in [0.2, 0.25) is 0 Å². The Morgan fingerprint density at radius 1 is 1.05 bits per heavy atom. The zero-order valence-electron chi connectivity index (χ0n) is 12.0. The molecule has 0 radical (unpaired) electrons. The van der Waals surface area contributed by atoms with Gasteiger partial charge in [-0.15, -0.1) is 0 Å². The molecular weight excluding hydrogens is 252 g/mol. The summed E-state index contributed by atoms with van der Waals surface area (Å²) in [4.78, 5) is 22.5. The van der Waals surface area contributed by atoms with Crippen molar-refractivity contribution in [1.29, 1.82) is 0 Å². The Morgan fingerprint density at radius 2 is 1.58 bits per heavy atom. The van der Waals surface area contributed by atoms with Crippen molar-refractivity contribution in [1.82, 2.24) is 0 Å². The van der Waals surface area contributed by atoms with Gasteiger partial charge in [0.25, 0.3) is 0 Å². The summed E-state index contributed by atoms with van der Waals surface area (Å²) in [6.07, 6.45) is -2.07.